The van der Waals surface area contributed by atoms with Crippen molar-refractivity contribution < 1.29 is 47.4 Å². The average Bonchev–Trinajstić information content (AvgIpc) is 3.05. The summed E-state index contributed by atoms with van der Waals surface area (Å²) >= 11 is 0. The third kappa shape index (κ3) is 30.3. The van der Waals surface area contributed by atoms with Gasteiger partial charge in [-0.15, -0.1) is 0 Å². The molecule has 0 spiro atoms. The Bertz CT molecular complexity index is 536. The van der Waals surface area contributed by atoms with Crippen LogP contribution < -0.4 is 0 Å². The predicted molar refractivity (Wildman–Crippen MR) is 173 cm³/mol. The smallest absolute Gasteiger partial charge is 0.158 e. The fraction of sp³-hybridized carbons (Fsp3) is 1.00. The summed E-state index contributed by atoms with van der Waals surface area (Å²) < 4.78 is 56.1. The van der Waals surface area contributed by atoms with Gasteiger partial charge in [0.05, 0.1) is 105 Å². The molecule has 0 bridgehead atoms. The van der Waals surface area contributed by atoms with E-state index in [2.05, 4.69) is 13.8 Å². The van der Waals surface area contributed by atoms with Crippen molar-refractivity contribution in [2.24, 2.45) is 0 Å². The molecule has 1 aliphatic rings. The molecule has 2 unspecified atom stereocenters. The zero-order valence-electron chi connectivity index (χ0n) is 28.5. The fourth-order valence-electron chi connectivity index (χ4n) is 4.56. The fourth-order valence-corrected chi connectivity index (χ4v) is 4.56. The molecule has 1 saturated heterocycles. The monoisotopic (exact) mass is 636 g/mol. The Hall–Kier alpha value is -0.400. The van der Waals surface area contributed by atoms with E-state index in [9.17, 15) is 0 Å². The summed E-state index contributed by atoms with van der Waals surface area (Å²) in [6.45, 7) is 14.4. The van der Waals surface area contributed by atoms with Crippen molar-refractivity contribution in [2.45, 2.75) is 110 Å². The second-order valence-corrected chi connectivity index (χ2v) is 11.2. The van der Waals surface area contributed by atoms with E-state index in [-0.39, 0.29) is 12.4 Å². The maximum atomic E-state index is 5.97. The van der Waals surface area contributed by atoms with E-state index < -0.39 is 0 Å². The molecule has 1 rings (SSSR count). The minimum atomic E-state index is -0.0761. The van der Waals surface area contributed by atoms with Gasteiger partial charge in [-0.2, -0.15) is 0 Å². The molecule has 0 saturated carbocycles. The van der Waals surface area contributed by atoms with Crippen molar-refractivity contribution in [3.63, 3.8) is 0 Å². The van der Waals surface area contributed by atoms with Gasteiger partial charge >= 0.3 is 0 Å². The molecule has 10 nitrogen and oxygen atoms in total. The maximum absolute atomic E-state index is 5.97. The lowest BCUT2D eigenvalue weighted by molar-refractivity contribution is -0.198. The summed E-state index contributed by atoms with van der Waals surface area (Å²) in [6, 6.07) is 0. The second kappa shape index (κ2) is 35.5. The summed E-state index contributed by atoms with van der Waals surface area (Å²) in [6.07, 6.45) is 16.2. The van der Waals surface area contributed by atoms with Gasteiger partial charge in [0.1, 0.15) is 0 Å². The minimum absolute atomic E-state index is 0.0695. The van der Waals surface area contributed by atoms with Gasteiger partial charge in [-0.3, -0.25) is 0 Å². The third-order valence-electron chi connectivity index (χ3n) is 7.24. The van der Waals surface area contributed by atoms with Crippen LogP contribution in [-0.2, 0) is 47.4 Å². The summed E-state index contributed by atoms with van der Waals surface area (Å²) in [5, 5.41) is 0. The summed E-state index contributed by atoms with van der Waals surface area (Å²) in [7, 11) is 0. The molecule has 10 heteroatoms. The molecule has 0 aromatic rings. The molecule has 0 radical (unpaired) electrons. The molecule has 1 aliphatic heterocycles. The van der Waals surface area contributed by atoms with Crippen molar-refractivity contribution in [3.05, 3.63) is 0 Å². The summed E-state index contributed by atoms with van der Waals surface area (Å²) in [5.74, 6) is 0. The highest BCUT2D eigenvalue weighted by molar-refractivity contribution is 4.60. The van der Waals surface area contributed by atoms with Crippen LogP contribution in [-0.4, -0.2) is 125 Å². The highest BCUT2D eigenvalue weighted by Gasteiger charge is 2.18. The SMILES string of the molecule is CCCCCCCCCCCOCCOCCOCCOCCOCCOCCOCCOCC(CC)OC1CCCCO1. The van der Waals surface area contributed by atoms with E-state index in [1.54, 1.807) is 0 Å². The summed E-state index contributed by atoms with van der Waals surface area (Å²) in [4.78, 5) is 0. The molecule has 1 fully saturated rings. The van der Waals surface area contributed by atoms with Gasteiger partial charge in [0.15, 0.2) is 6.29 Å². The molecule has 1 heterocycles. The zero-order valence-corrected chi connectivity index (χ0v) is 28.5. The second-order valence-electron chi connectivity index (χ2n) is 11.2. The van der Waals surface area contributed by atoms with Crippen LogP contribution in [0.2, 0.25) is 0 Å². The molecule has 0 amide bonds. The van der Waals surface area contributed by atoms with Crippen LogP contribution in [0.4, 0.5) is 0 Å². The molecular weight excluding hydrogens is 568 g/mol. The number of unbranched alkanes of at least 4 members (excludes halogenated alkanes) is 8. The van der Waals surface area contributed by atoms with E-state index in [1.165, 1.54) is 57.8 Å². The first kappa shape index (κ1) is 41.6. The van der Waals surface area contributed by atoms with Gasteiger partial charge in [0.2, 0.25) is 0 Å². The number of hydrogen-bond donors (Lipinski definition) is 0. The average molecular weight is 637 g/mol. The van der Waals surface area contributed by atoms with Crippen LogP contribution in [0.25, 0.3) is 0 Å². The standard InChI is InChI=1S/C34H68O10/c1-3-5-6-7-8-9-10-11-13-16-35-18-19-36-20-21-37-22-23-38-24-25-39-26-27-40-28-29-41-30-31-42-32-33(4-2)44-34-15-12-14-17-43-34/h33-34H,3-32H2,1-2H3. The Kier molecular flexibility index (Phi) is 33.5. The summed E-state index contributed by atoms with van der Waals surface area (Å²) in [5.41, 5.74) is 0. The van der Waals surface area contributed by atoms with E-state index in [0.717, 1.165) is 38.9 Å². The Morgan fingerprint density at radius 3 is 1.30 bits per heavy atom. The first-order valence-electron chi connectivity index (χ1n) is 17.8. The zero-order chi connectivity index (χ0) is 31.4. The van der Waals surface area contributed by atoms with E-state index in [0.29, 0.717) is 99.1 Å². The van der Waals surface area contributed by atoms with Crippen LogP contribution in [0.15, 0.2) is 0 Å². The van der Waals surface area contributed by atoms with Crippen molar-refractivity contribution in [1.29, 1.82) is 0 Å². The lowest BCUT2D eigenvalue weighted by Gasteiger charge is -2.27. The van der Waals surface area contributed by atoms with Gasteiger partial charge in [-0.05, 0) is 32.1 Å². The lowest BCUT2D eigenvalue weighted by Crippen LogP contribution is -2.30. The highest BCUT2D eigenvalue weighted by Crippen LogP contribution is 2.16. The molecule has 264 valence electrons. The molecule has 2 atom stereocenters. The Morgan fingerprint density at radius 1 is 0.477 bits per heavy atom. The molecule has 44 heavy (non-hydrogen) atoms. The molecule has 0 N–H and O–H groups in total. The predicted octanol–water partition coefficient (Wildman–Crippen LogP) is 5.97. The van der Waals surface area contributed by atoms with E-state index in [1.807, 2.05) is 0 Å². The Labute approximate surface area is 269 Å². The van der Waals surface area contributed by atoms with Gasteiger partial charge in [-0.25, -0.2) is 0 Å². The Balaban J connectivity index is 1.65. The lowest BCUT2D eigenvalue weighted by atomic mass is 10.1. The number of hydrogen-bond acceptors (Lipinski definition) is 10. The quantitative estimate of drug-likeness (QED) is 0.0766. The topological polar surface area (TPSA) is 92.3 Å². The molecule has 0 aromatic carbocycles. The molecule has 0 aromatic heterocycles. The Morgan fingerprint density at radius 2 is 0.886 bits per heavy atom. The molecule has 0 aliphatic carbocycles. The van der Waals surface area contributed by atoms with Crippen LogP contribution in [0.3, 0.4) is 0 Å². The van der Waals surface area contributed by atoms with Crippen LogP contribution in [0.5, 0.6) is 0 Å². The molecular formula is C34H68O10. The highest BCUT2D eigenvalue weighted by atomic mass is 16.7. The van der Waals surface area contributed by atoms with Crippen molar-refractivity contribution in [3.8, 4) is 0 Å². The number of ether oxygens (including phenoxy) is 10. The van der Waals surface area contributed by atoms with Crippen molar-refractivity contribution in [2.75, 3.05) is 112 Å². The third-order valence-corrected chi connectivity index (χ3v) is 7.24. The van der Waals surface area contributed by atoms with Crippen LogP contribution in [0.1, 0.15) is 97.3 Å². The number of rotatable bonds is 36. The van der Waals surface area contributed by atoms with Gasteiger partial charge in [0, 0.05) is 13.2 Å². The van der Waals surface area contributed by atoms with Crippen LogP contribution >= 0.6 is 0 Å². The van der Waals surface area contributed by atoms with Gasteiger partial charge in [0.25, 0.3) is 0 Å². The maximum Gasteiger partial charge on any atom is 0.158 e. The van der Waals surface area contributed by atoms with Gasteiger partial charge in [-0.1, -0.05) is 65.2 Å². The van der Waals surface area contributed by atoms with E-state index >= 15 is 0 Å². The van der Waals surface area contributed by atoms with Crippen LogP contribution in [0, 0.1) is 0 Å². The largest absolute Gasteiger partial charge is 0.379 e. The normalized spacial score (nSPS) is 16.1. The minimum Gasteiger partial charge on any atom is -0.379 e. The van der Waals surface area contributed by atoms with Crippen molar-refractivity contribution >= 4 is 0 Å². The van der Waals surface area contributed by atoms with Gasteiger partial charge < -0.3 is 47.4 Å². The van der Waals surface area contributed by atoms with Crippen molar-refractivity contribution in [1.82, 2.24) is 0 Å². The first-order valence-corrected chi connectivity index (χ1v) is 17.8. The first-order chi connectivity index (χ1) is 21.9. The van der Waals surface area contributed by atoms with E-state index in [4.69, 9.17) is 47.4 Å².